The Balaban J connectivity index is 1.16. The Bertz CT molecular complexity index is 1390. The number of allylic oxidation sites excluding steroid dienone is 4. The first-order chi connectivity index (χ1) is 23.0. The van der Waals surface area contributed by atoms with E-state index in [2.05, 4.69) is 43.9 Å². The molecule has 7 aliphatic rings. The summed E-state index contributed by atoms with van der Waals surface area (Å²) in [6.07, 6.45) is 18.8. The molecule has 1 aromatic carbocycles. The third-order valence-corrected chi connectivity index (χ3v) is 14.9. The minimum atomic E-state index is -0.917. The van der Waals surface area contributed by atoms with Crippen LogP contribution in [0.15, 0.2) is 54.1 Å². The largest absolute Gasteiger partial charge is 0.393 e. The Morgan fingerprint density at radius 1 is 0.958 bits per heavy atom. The van der Waals surface area contributed by atoms with Gasteiger partial charge in [-0.2, -0.15) is 0 Å². The van der Waals surface area contributed by atoms with Crippen LogP contribution in [0.25, 0.3) is 0 Å². The van der Waals surface area contributed by atoms with E-state index in [1.807, 2.05) is 30.3 Å². The van der Waals surface area contributed by atoms with Crippen LogP contribution in [-0.4, -0.2) is 70.1 Å². The summed E-state index contributed by atoms with van der Waals surface area (Å²) in [5.41, 5.74) is 0.223. The van der Waals surface area contributed by atoms with Crippen LogP contribution in [0.5, 0.6) is 0 Å². The van der Waals surface area contributed by atoms with Crippen LogP contribution in [0.2, 0.25) is 0 Å². The second-order valence-electron chi connectivity index (χ2n) is 17.4. The summed E-state index contributed by atoms with van der Waals surface area (Å²) < 4.78 is 5.90. The van der Waals surface area contributed by atoms with Gasteiger partial charge < -0.3 is 20.1 Å². The maximum Gasteiger partial charge on any atom is 0.162 e. The normalized spacial score (nSPS) is 41.1. The van der Waals surface area contributed by atoms with E-state index in [0.29, 0.717) is 44.2 Å². The van der Waals surface area contributed by atoms with Crippen LogP contribution < -0.4 is 0 Å². The highest BCUT2D eigenvalue weighted by Crippen LogP contribution is 2.78. The van der Waals surface area contributed by atoms with Crippen molar-refractivity contribution in [2.75, 3.05) is 26.2 Å². The summed E-state index contributed by atoms with van der Waals surface area (Å²) in [5, 5.41) is 34.9. The van der Waals surface area contributed by atoms with Crippen molar-refractivity contribution in [1.29, 1.82) is 0 Å². The van der Waals surface area contributed by atoms with Gasteiger partial charge in [-0.1, -0.05) is 88.6 Å². The van der Waals surface area contributed by atoms with Crippen LogP contribution >= 0.6 is 0 Å². The lowest BCUT2D eigenvalue weighted by molar-refractivity contribution is -0.180. The number of hydrogen-bond donors (Lipinski definition) is 3. The van der Waals surface area contributed by atoms with E-state index in [1.165, 1.54) is 6.42 Å². The van der Waals surface area contributed by atoms with Crippen molar-refractivity contribution in [3.8, 4) is 0 Å². The molecule has 6 nitrogen and oxygen atoms in total. The molecule has 0 heterocycles. The molecule has 0 amide bonds. The number of aliphatic hydroxyl groups is 3. The Hall–Kier alpha value is -1.83. The number of Topliss-reactive ketones (excluding diaryl/α,β-unsaturated/α-hetero) is 1. The molecule has 9 atom stereocenters. The fourth-order valence-electron chi connectivity index (χ4n) is 12.4. The van der Waals surface area contributed by atoms with Gasteiger partial charge in [0, 0.05) is 40.8 Å². The molecule has 2 spiro atoms. The SMILES string of the molecule is CCCN(C[C@@H](O)COCc1ccccc1)C[C@]1(O)CC[C@H]2[C@]34C=C[C@@]5(C=C3C(=O)C3CCCCC3)CC(O)CC[C@]5(C)[C@H]4CC[C@@]21C. The number of rotatable bonds is 12. The fourth-order valence-corrected chi connectivity index (χ4v) is 12.4. The first-order valence-corrected chi connectivity index (χ1v) is 19.4. The molecule has 3 N–H and O–H groups in total. The van der Waals surface area contributed by atoms with Gasteiger partial charge in [-0.25, -0.2) is 0 Å². The molecule has 1 aromatic rings. The monoisotopic (exact) mass is 659 g/mol. The maximum absolute atomic E-state index is 14.8. The zero-order valence-electron chi connectivity index (χ0n) is 29.8. The molecule has 264 valence electrons. The number of carbonyl (C=O) groups is 1. The minimum absolute atomic E-state index is 0.00251. The summed E-state index contributed by atoms with van der Waals surface area (Å²) in [6, 6.07) is 10.1. The molecule has 6 heteroatoms. The molecule has 2 bridgehead atoms. The Morgan fingerprint density at radius 3 is 2.42 bits per heavy atom. The lowest BCUT2D eigenvalue weighted by Gasteiger charge is -2.71. The van der Waals surface area contributed by atoms with Gasteiger partial charge in [0.25, 0.3) is 0 Å². The van der Waals surface area contributed by atoms with Crippen molar-refractivity contribution in [1.82, 2.24) is 4.90 Å². The van der Waals surface area contributed by atoms with Gasteiger partial charge in [0.2, 0.25) is 0 Å². The van der Waals surface area contributed by atoms with E-state index in [9.17, 15) is 20.1 Å². The predicted octanol–water partition coefficient (Wildman–Crippen LogP) is 7.02. The molecule has 4 saturated carbocycles. The first-order valence-electron chi connectivity index (χ1n) is 19.4. The standard InChI is InChI=1S/C42H61NO5/c1-4-23-43(26-33(45)28-48-27-30-11-7-5-8-12-30)29-41(47)20-17-36-39(41,3)19-16-35-38(2)18-15-32(44)24-40(38)21-22-42(35,36)34(25-40)37(46)31-13-9-6-10-14-31/h5,7-8,11-12,21-22,25,31-33,35-36,44-45,47H,4,6,9-10,13-20,23-24,26-29H2,1-3H3/t32?,33-,35-,36-,38-,39+,40+,41-,42-/m1/s1. The second kappa shape index (κ2) is 13.1. The smallest absolute Gasteiger partial charge is 0.162 e. The van der Waals surface area contributed by atoms with Gasteiger partial charge in [0.15, 0.2) is 5.78 Å². The Kier molecular flexibility index (Phi) is 9.41. The number of ketones is 1. The highest BCUT2D eigenvalue weighted by molar-refractivity contribution is 6.00. The van der Waals surface area contributed by atoms with Gasteiger partial charge in [-0.15, -0.1) is 0 Å². The quantitative estimate of drug-likeness (QED) is 0.209. The number of fused-ring (bicyclic) bond motifs is 1. The summed E-state index contributed by atoms with van der Waals surface area (Å²) >= 11 is 0. The second-order valence-corrected chi connectivity index (χ2v) is 17.4. The maximum atomic E-state index is 14.8. The minimum Gasteiger partial charge on any atom is -0.393 e. The number of carbonyl (C=O) groups excluding carboxylic acids is 1. The van der Waals surface area contributed by atoms with Crippen LogP contribution in [0.1, 0.15) is 110 Å². The van der Waals surface area contributed by atoms with E-state index in [4.69, 9.17) is 4.74 Å². The molecular formula is C42H61NO5. The zero-order chi connectivity index (χ0) is 33.8. The fraction of sp³-hybridized carbons (Fsp3) is 0.738. The first kappa shape index (κ1) is 34.6. The van der Waals surface area contributed by atoms with Crippen molar-refractivity contribution in [2.45, 2.75) is 129 Å². The highest BCUT2D eigenvalue weighted by Gasteiger charge is 2.74. The molecule has 1 unspecified atom stereocenters. The van der Waals surface area contributed by atoms with Gasteiger partial charge in [0.1, 0.15) is 0 Å². The van der Waals surface area contributed by atoms with Crippen LogP contribution in [0, 0.1) is 39.4 Å². The zero-order valence-corrected chi connectivity index (χ0v) is 29.8. The van der Waals surface area contributed by atoms with E-state index in [-0.39, 0.29) is 46.2 Å². The Labute approximate surface area is 289 Å². The highest BCUT2D eigenvalue weighted by atomic mass is 16.5. The van der Waals surface area contributed by atoms with Crippen molar-refractivity contribution in [2.24, 2.45) is 39.4 Å². The van der Waals surface area contributed by atoms with E-state index >= 15 is 0 Å². The molecule has 0 aliphatic heterocycles. The Morgan fingerprint density at radius 2 is 1.67 bits per heavy atom. The van der Waals surface area contributed by atoms with E-state index in [1.54, 1.807) is 0 Å². The summed E-state index contributed by atoms with van der Waals surface area (Å²) in [4.78, 5) is 17.1. The molecule has 8 rings (SSSR count). The number of nitrogens with zero attached hydrogens (tertiary/aromatic N) is 1. The lowest BCUT2D eigenvalue weighted by atomic mass is 9.32. The van der Waals surface area contributed by atoms with Crippen molar-refractivity contribution in [3.63, 3.8) is 0 Å². The van der Waals surface area contributed by atoms with Gasteiger partial charge in [-0.3, -0.25) is 9.69 Å². The molecule has 0 aromatic heterocycles. The summed E-state index contributed by atoms with van der Waals surface area (Å²) in [7, 11) is 0. The number of benzene rings is 1. The molecular weight excluding hydrogens is 598 g/mol. The van der Waals surface area contributed by atoms with Crippen molar-refractivity contribution < 1.29 is 24.9 Å². The van der Waals surface area contributed by atoms with Crippen LogP contribution in [-0.2, 0) is 16.1 Å². The summed E-state index contributed by atoms with van der Waals surface area (Å²) in [5.74, 6) is 0.985. The van der Waals surface area contributed by atoms with Crippen molar-refractivity contribution in [3.05, 3.63) is 59.7 Å². The molecule has 4 fully saturated rings. The van der Waals surface area contributed by atoms with Crippen LogP contribution in [0.4, 0.5) is 0 Å². The van der Waals surface area contributed by atoms with Gasteiger partial charge in [-0.05, 0) is 93.6 Å². The predicted molar refractivity (Wildman–Crippen MR) is 189 cm³/mol. The summed E-state index contributed by atoms with van der Waals surface area (Å²) in [6.45, 7) is 9.49. The molecule has 7 aliphatic carbocycles. The van der Waals surface area contributed by atoms with Gasteiger partial charge in [0.05, 0.1) is 31.0 Å². The van der Waals surface area contributed by atoms with E-state index in [0.717, 1.165) is 81.9 Å². The molecule has 0 saturated heterocycles. The molecule has 0 radical (unpaired) electrons. The average molecular weight is 660 g/mol. The lowest BCUT2D eigenvalue weighted by Crippen LogP contribution is -2.67. The third-order valence-electron chi connectivity index (χ3n) is 14.9. The number of hydrogen-bond acceptors (Lipinski definition) is 6. The van der Waals surface area contributed by atoms with Gasteiger partial charge >= 0.3 is 0 Å². The number of aliphatic hydroxyl groups excluding tert-OH is 2. The van der Waals surface area contributed by atoms with Crippen molar-refractivity contribution >= 4 is 5.78 Å². The average Bonchev–Trinajstić information content (AvgIpc) is 3.35. The topological polar surface area (TPSA) is 90.2 Å². The van der Waals surface area contributed by atoms with Crippen LogP contribution in [0.3, 0.4) is 0 Å². The molecule has 48 heavy (non-hydrogen) atoms. The van der Waals surface area contributed by atoms with E-state index < -0.39 is 11.7 Å². The number of ether oxygens (including phenoxy) is 1. The third kappa shape index (κ3) is 5.43.